The summed E-state index contributed by atoms with van der Waals surface area (Å²) in [5.41, 5.74) is 0.784. The maximum atomic E-state index is 12.6. The van der Waals surface area contributed by atoms with E-state index >= 15 is 0 Å². The van der Waals surface area contributed by atoms with Crippen LogP contribution in [0.1, 0.15) is 6.92 Å². The van der Waals surface area contributed by atoms with Gasteiger partial charge in [-0.3, -0.25) is 0 Å². The minimum atomic E-state index is -0.546. The Balaban J connectivity index is 2.27. The number of ether oxygens (including phenoxy) is 1. The lowest BCUT2D eigenvalue weighted by molar-refractivity contribution is 0.0496. The monoisotopic (exact) mass is 213 g/mol. The first-order valence-electron chi connectivity index (χ1n) is 4.97. The molecule has 0 heterocycles. The molecule has 3 nitrogen and oxygen atoms in total. The highest BCUT2D eigenvalue weighted by atomic mass is 19.1. The summed E-state index contributed by atoms with van der Waals surface area (Å²) < 4.78 is 17.6. The average molecular weight is 213 g/mol. The highest BCUT2D eigenvalue weighted by Crippen LogP contribution is 2.07. The first kappa shape index (κ1) is 11.9. The van der Waals surface area contributed by atoms with Crippen LogP contribution in [0, 0.1) is 5.82 Å². The molecule has 0 saturated heterocycles. The van der Waals surface area contributed by atoms with E-state index in [0.717, 1.165) is 5.69 Å². The van der Waals surface area contributed by atoms with Crippen LogP contribution >= 0.6 is 0 Å². The van der Waals surface area contributed by atoms with Crippen molar-refractivity contribution >= 4 is 5.69 Å². The molecule has 15 heavy (non-hydrogen) atoms. The molecule has 4 heteroatoms. The van der Waals surface area contributed by atoms with Crippen molar-refractivity contribution in [2.24, 2.45) is 0 Å². The number of hydrogen-bond acceptors (Lipinski definition) is 3. The molecular weight excluding hydrogens is 197 g/mol. The van der Waals surface area contributed by atoms with Crippen LogP contribution in [0.15, 0.2) is 24.3 Å². The van der Waals surface area contributed by atoms with Gasteiger partial charge in [0.25, 0.3) is 0 Å². The second-order valence-electron chi connectivity index (χ2n) is 3.20. The van der Waals surface area contributed by atoms with Crippen molar-refractivity contribution in [3.63, 3.8) is 0 Å². The summed E-state index contributed by atoms with van der Waals surface area (Å²) in [6.45, 7) is 3.17. The zero-order valence-corrected chi connectivity index (χ0v) is 8.74. The molecule has 2 N–H and O–H groups in total. The van der Waals surface area contributed by atoms with Gasteiger partial charge in [-0.15, -0.1) is 0 Å². The van der Waals surface area contributed by atoms with E-state index in [0.29, 0.717) is 19.8 Å². The molecule has 0 aliphatic rings. The molecule has 0 saturated carbocycles. The van der Waals surface area contributed by atoms with Gasteiger partial charge in [0.05, 0.1) is 12.7 Å². The van der Waals surface area contributed by atoms with Crippen molar-refractivity contribution in [1.82, 2.24) is 0 Å². The summed E-state index contributed by atoms with van der Waals surface area (Å²) >= 11 is 0. The summed E-state index contributed by atoms with van der Waals surface area (Å²) in [6, 6.07) is 6.00. The van der Waals surface area contributed by atoms with E-state index in [2.05, 4.69) is 5.32 Å². The molecule has 0 spiro atoms. The Morgan fingerprint density at radius 2 is 2.07 bits per heavy atom. The van der Waals surface area contributed by atoms with Crippen molar-refractivity contribution in [3.8, 4) is 0 Å². The fourth-order valence-electron chi connectivity index (χ4n) is 1.12. The summed E-state index contributed by atoms with van der Waals surface area (Å²) in [4.78, 5) is 0. The van der Waals surface area contributed by atoms with Gasteiger partial charge in [-0.25, -0.2) is 4.39 Å². The Morgan fingerprint density at radius 1 is 1.40 bits per heavy atom. The number of aliphatic hydroxyl groups excluding tert-OH is 1. The van der Waals surface area contributed by atoms with Gasteiger partial charge in [0.2, 0.25) is 0 Å². The third kappa shape index (κ3) is 4.76. The Bertz CT molecular complexity index is 276. The van der Waals surface area contributed by atoms with E-state index in [1.54, 1.807) is 12.1 Å². The molecule has 1 unspecified atom stereocenters. The number of hydrogen-bond donors (Lipinski definition) is 2. The molecule has 0 aliphatic heterocycles. The van der Waals surface area contributed by atoms with E-state index in [1.807, 2.05) is 6.92 Å². The SMILES string of the molecule is CCOCC(O)CNc1ccc(F)cc1. The molecule has 0 amide bonds. The predicted octanol–water partition coefficient (Wildman–Crippen LogP) is 1.63. The molecule has 1 aromatic rings. The van der Waals surface area contributed by atoms with Crippen molar-refractivity contribution in [2.45, 2.75) is 13.0 Å². The molecule has 0 radical (unpaired) electrons. The lowest BCUT2D eigenvalue weighted by Crippen LogP contribution is -2.24. The largest absolute Gasteiger partial charge is 0.389 e. The summed E-state index contributed by atoms with van der Waals surface area (Å²) in [7, 11) is 0. The number of nitrogens with one attached hydrogen (secondary N) is 1. The van der Waals surface area contributed by atoms with E-state index in [9.17, 15) is 9.50 Å². The fourth-order valence-corrected chi connectivity index (χ4v) is 1.12. The Kier molecular flexibility index (Phi) is 5.07. The Labute approximate surface area is 88.9 Å². The normalized spacial score (nSPS) is 12.5. The molecule has 0 bridgehead atoms. The van der Waals surface area contributed by atoms with Crippen LogP contribution in [0.5, 0.6) is 0 Å². The predicted molar refractivity (Wildman–Crippen MR) is 57.4 cm³/mol. The summed E-state index contributed by atoms with van der Waals surface area (Å²) in [5.74, 6) is -0.268. The molecular formula is C11H16FNO2. The third-order valence-corrected chi connectivity index (χ3v) is 1.90. The van der Waals surface area contributed by atoms with Gasteiger partial charge >= 0.3 is 0 Å². The fraction of sp³-hybridized carbons (Fsp3) is 0.455. The molecule has 84 valence electrons. The van der Waals surface area contributed by atoms with Crippen LogP contribution in [0.3, 0.4) is 0 Å². The van der Waals surface area contributed by atoms with Crippen LogP contribution in [0.4, 0.5) is 10.1 Å². The van der Waals surface area contributed by atoms with Crippen molar-refractivity contribution in [2.75, 3.05) is 25.1 Å². The maximum absolute atomic E-state index is 12.6. The smallest absolute Gasteiger partial charge is 0.123 e. The zero-order valence-electron chi connectivity index (χ0n) is 8.74. The highest BCUT2D eigenvalue weighted by molar-refractivity contribution is 5.42. The number of aliphatic hydroxyl groups is 1. The molecule has 0 aliphatic carbocycles. The van der Waals surface area contributed by atoms with Crippen LogP contribution in [0.25, 0.3) is 0 Å². The molecule has 1 aromatic carbocycles. The van der Waals surface area contributed by atoms with E-state index in [4.69, 9.17) is 4.74 Å². The van der Waals surface area contributed by atoms with E-state index < -0.39 is 6.10 Å². The first-order valence-corrected chi connectivity index (χ1v) is 4.97. The van der Waals surface area contributed by atoms with Crippen LogP contribution in [0.2, 0.25) is 0 Å². The zero-order chi connectivity index (χ0) is 11.1. The minimum Gasteiger partial charge on any atom is -0.389 e. The van der Waals surface area contributed by atoms with Gasteiger partial charge in [0.1, 0.15) is 5.82 Å². The van der Waals surface area contributed by atoms with E-state index in [1.165, 1.54) is 12.1 Å². The van der Waals surface area contributed by atoms with Crippen molar-refractivity contribution in [3.05, 3.63) is 30.1 Å². The Hall–Kier alpha value is -1.13. The topological polar surface area (TPSA) is 41.5 Å². The number of benzene rings is 1. The van der Waals surface area contributed by atoms with Gasteiger partial charge in [-0.05, 0) is 31.2 Å². The van der Waals surface area contributed by atoms with Crippen LogP contribution < -0.4 is 5.32 Å². The maximum Gasteiger partial charge on any atom is 0.123 e. The number of rotatable bonds is 6. The van der Waals surface area contributed by atoms with E-state index in [-0.39, 0.29) is 5.82 Å². The second-order valence-corrected chi connectivity index (χ2v) is 3.20. The van der Waals surface area contributed by atoms with Crippen LogP contribution in [-0.4, -0.2) is 31.0 Å². The van der Waals surface area contributed by atoms with Gasteiger partial charge in [0, 0.05) is 18.8 Å². The average Bonchev–Trinajstić information content (AvgIpc) is 2.25. The molecule has 1 rings (SSSR count). The standard InChI is InChI=1S/C11H16FNO2/c1-2-15-8-11(14)7-13-10-5-3-9(12)4-6-10/h3-6,11,13-14H,2,7-8H2,1H3. The van der Waals surface area contributed by atoms with Crippen LogP contribution in [-0.2, 0) is 4.74 Å². The van der Waals surface area contributed by atoms with Gasteiger partial charge < -0.3 is 15.2 Å². The van der Waals surface area contributed by atoms with Crippen molar-refractivity contribution in [1.29, 1.82) is 0 Å². The number of anilines is 1. The lowest BCUT2D eigenvalue weighted by atomic mass is 10.3. The highest BCUT2D eigenvalue weighted by Gasteiger charge is 2.03. The minimum absolute atomic E-state index is 0.268. The summed E-state index contributed by atoms with van der Waals surface area (Å²) in [6.07, 6.45) is -0.546. The lowest BCUT2D eigenvalue weighted by Gasteiger charge is -2.12. The second kappa shape index (κ2) is 6.37. The number of halogens is 1. The first-order chi connectivity index (χ1) is 7.22. The Morgan fingerprint density at radius 3 is 2.67 bits per heavy atom. The third-order valence-electron chi connectivity index (χ3n) is 1.90. The molecule has 1 atom stereocenters. The quantitative estimate of drug-likeness (QED) is 0.754. The summed E-state index contributed by atoms with van der Waals surface area (Å²) in [5, 5.41) is 12.4. The van der Waals surface area contributed by atoms with Gasteiger partial charge in [-0.1, -0.05) is 0 Å². The van der Waals surface area contributed by atoms with Crippen molar-refractivity contribution < 1.29 is 14.2 Å². The van der Waals surface area contributed by atoms with Gasteiger partial charge in [0.15, 0.2) is 0 Å². The molecule has 0 fully saturated rings. The molecule has 0 aromatic heterocycles. The van der Waals surface area contributed by atoms with Gasteiger partial charge in [-0.2, -0.15) is 0 Å².